The van der Waals surface area contributed by atoms with Gasteiger partial charge in [0, 0.05) is 33.4 Å². The maximum atomic E-state index is 12.4. The van der Waals surface area contributed by atoms with E-state index in [1.807, 2.05) is 156 Å². The molecule has 3 aromatic carbocycles. The van der Waals surface area contributed by atoms with E-state index >= 15 is 0 Å². The maximum absolute atomic E-state index is 12.4. The van der Waals surface area contributed by atoms with Crippen molar-refractivity contribution in [2.75, 3.05) is 106 Å². The summed E-state index contributed by atoms with van der Waals surface area (Å²) in [6, 6.07) is 22.4. The molecule has 6 amide bonds. The van der Waals surface area contributed by atoms with Crippen LogP contribution in [0.1, 0.15) is 197 Å². The van der Waals surface area contributed by atoms with Crippen LogP contribution in [0.2, 0.25) is 0 Å². The van der Waals surface area contributed by atoms with E-state index in [2.05, 4.69) is 71.4 Å². The molecule has 0 saturated carbocycles. The second kappa shape index (κ2) is 53.8. The van der Waals surface area contributed by atoms with Crippen LogP contribution in [0.15, 0.2) is 146 Å². The van der Waals surface area contributed by atoms with Gasteiger partial charge >= 0.3 is 72.4 Å². The van der Waals surface area contributed by atoms with E-state index < -0.39 is 106 Å². The van der Waals surface area contributed by atoms with E-state index in [0.29, 0.717) is 66.4 Å². The molecule has 0 radical (unpaired) electrons. The third kappa shape index (κ3) is 44.9. The summed E-state index contributed by atoms with van der Waals surface area (Å²) in [5, 5.41) is 17.0. The number of ether oxygens (including phenoxy) is 14. The molecule has 0 aliphatic carbocycles. The lowest BCUT2D eigenvalue weighted by Gasteiger charge is -2.30. The van der Waals surface area contributed by atoms with E-state index in [4.69, 9.17) is 66.3 Å². The standard InChI is InChI=1S/C30H44N2O10.C30H44N2O8.C28H40N2O8/c1-21(2)25(33)39-16-12-37-14-18-41-27(35)31-29(5,6)23-10-9-11-24(20-23)30(7,8)32-28(36)42-19-15-38-13-17-40-26(34)22(3)4;1-21(2)25(33)37-16-9-11-18-39-27(35)31-29(5,6)23-14-13-15-24(20-23)30(7,8)32-28(36)40-19-12-10-17-38-26(34)22(3)4;1-19(2)23(31)35-14-9-10-15-37-25(33)29-27(5,6)21-12-11-13-22(18-21)28(7,8)30-26(34)38-17-16-36-24(32)20(3)4/h9-11,20H,1,3,12-19H2,2,4-8H3,(H,31,35)(H,32,36);13-15,20H,1,3,9-12,16-19H2,2,4-8H3,(H,31,35)(H,32,36);11-13,18H,1,3,9-10,14-17H2,2,4-8H3,(H,29,33)(H,30,34). The van der Waals surface area contributed by atoms with Crippen molar-refractivity contribution in [3.8, 4) is 0 Å². The van der Waals surface area contributed by atoms with Crippen LogP contribution < -0.4 is 31.9 Å². The van der Waals surface area contributed by atoms with Crippen molar-refractivity contribution in [3.63, 3.8) is 0 Å². The smallest absolute Gasteiger partial charge is 0.407 e. The lowest BCUT2D eigenvalue weighted by molar-refractivity contribution is -0.141. The first-order chi connectivity index (χ1) is 56.0. The van der Waals surface area contributed by atoms with Gasteiger partial charge in [-0.25, -0.2) is 57.5 Å². The predicted octanol–water partition coefficient (Wildman–Crippen LogP) is 13.9. The molecule has 120 heavy (non-hydrogen) atoms. The Labute approximate surface area is 706 Å². The van der Waals surface area contributed by atoms with Crippen molar-refractivity contribution in [3.05, 3.63) is 179 Å². The van der Waals surface area contributed by atoms with Gasteiger partial charge in [-0.2, -0.15) is 0 Å². The Morgan fingerprint density at radius 1 is 0.225 bits per heavy atom. The lowest BCUT2D eigenvalue weighted by atomic mass is 9.87. The summed E-state index contributed by atoms with van der Waals surface area (Å²) in [5.74, 6) is -2.84. The van der Waals surface area contributed by atoms with Crippen LogP contribution in [0.3, 0.4) is 0 Å². The molecule has 32 nitrogen and oxygen atoms in total. The minimum atomic E-state index is -0.800. The van der Waals surface area contributed by atoms with Crippen molar-refractivity contribution >= 4 is 72.4 Å². The highest BCUT2D eigenvalue weighted by Gasteiger charge is 2.33. The summed E-state index contributed by atoms with van der Waals surface area (Å²) in [7, 11) is 0. The molecule has 0 heterocycles. The summed E-state index contributed by atoms with van der Waals surface area (Å²) in [6.07, 6.45) is -0.304. The number of esters is 6. The fourth-order valence-electron chi connectivity index (χ4n) is 9.66. The van der Waals surface area contributed by atoms with Gasteiger partial charge < -0.3 is 98.2 Å². The van der Waals surface area contributed by atoms with E-state index in [1.165, 1.54) is 6.92 Å². The molecule has 666 valence electrons. The zero-order valence-electron chi connectivity index (χ0n) is 73.3. The van der Waals surface area contributed by atoms with Gasteiger partial charge in [0.25, 0.3) is 0 Å². The highest BCUT2D eigenvalue weighted by molar-refractivity contribution is 5.89. The third-order valence-electron chi connectivity index (χ3n) is 16.9. The van der Waals surface area contributed by atoms with Gasteiger partial charge in [0.1, 0.15) is 39.6 Å². The minimum absolute atomic E-state index is 0.0168. The summed E-state index contributed by atoms with van der Waals surface area (Å²) >= 11 is 0. The topological polar surface area (TPSA) is 406 Å². The van der Waals surface area contributed by atoms with Crippen molar-refractivity contribution in [1.82, 2.24) is 31.9 Å². The molecule has 0 bridgehead atoms. The summed E-state index contributed by atoms with van der Waals surface area (Å²) < 4.78 is 71.7. The van der Waals surface area contributed by atoms with E-state index in [0.717, 1.165) is 33.4 Å². The molecule has 0 aromatic heterocycles. The maximum Gasteiger partial charge on any atom is 0.407 e. The van der Waals surface area contributed by atoms with Crippen LogP contribution in [0, 0.1) is 0 Å². The number of carbonyl (C=O) groups is 12. The van der Waals surface area contributed by atoms with Crippen LogP contribution in [-0.2, 0) is 128 Å². The van der Waals surface area contributed by atoms with Crippen molar-refractivity contribution in [2.24, 2.45) is 0 Å². The molecule has 0 aliphatic rings. The van der Waals surface area contributed by atoms with Crippen molar-refractivity contribution < 1.29 is 124 Å². The minimum Gasteiger partial charge on any atom is -0.462 e. The highest BCUT2D eigenvalue weighted by Crippen LogP contribution is 2.31. The molecule has 0 saturated heterocycles. The average Bonchev–Trinajstić information content (AvgIpc) is 0.814. The average molecular weight is 1690 g/mol. The number of hydrogen-bond acceptors (Lipinski definition) is 26. The van der Waals surface area contributed by atoms with Crippen LogP contribution in [0.25, 0.3) is 0 Å². The molecule has 0 fully saturated rings. The number of amides is 6. The molecule has 32 heteroatoms. The number of nitrogens with one attached hydrogen (secondary N) is 6. The van der Waals surface area contributed by atoms with Crippen LogP contribution >= 0.6 is 0 Å². The quantitative estimate of drug-likeness (QED) is 0.0132. The number of carbonyl (C=O) groups excluding carboxylic acids is 12. The first-order valence-electron chi connectivity index (χ1n) is 39.1. The Morgan fingerprint density at radius 2 is 0.358 bits per heavy atom. The SMILES string of the molecule is C=C(C)C(=O)OCCCCOC(=O)NC(C)(C)c1cccc(C(C)(C)NC(=O)OCCCCOC(=O)C(=C)C)c1.C=C(C)C(=O)OCCCCOC(=O)NC(C)(C)c1cccc(C(C)(C)NC(=O)OCCOC(=O)C(=C)C)c1.C=C(C)C(=O)OCCOCCOC(=O)NC(C)(C)c1cccc(C(C)(C)NC(=O)OCCOCCOC(=O)C(=C)C)c1. The Bertz CT molecular complexity index is 3820. The zero-order valence-corrected chi connectivity index (χ0v) is 73.3. The number of rotatable bonds is 48. The Hall–Kier alpha value is -11.5. The summed E-state index contributed by atoms with van der Waals surface area (Å²) in [5.41, 5.74) is 2.03. The largest absolute Gasteiger partial charge is 0.462 e. The van der Waals surface area contributed by atoms with Gasteiger partial charge in [0.05, 0.1) is 99.3 Å². The fourth-order valence-corrected chi connectivity index (χ4v) is 9.66. The first kappa shape index (κ1) is 106. The number of unbranched alkanes of at least 4 members (excludes halogenated alkanes) is 3. The molecule has 0 aliphatic heterocycles. The number of alkyl carbamates (subject to hydrolysis) is 6. The van der Waals surface area contributed by atoms with Crippen molar-refractivity contribution in [1.29, 1.82) is 0 Å². The summed E-state index contributed by atoms with van der Waals surface area (Å²) in [4.78, 5) is 142. The summed E-state index contributed by atoms with van der Waals surface area (Å²) in [6.45, 7) is 54.3. The molecular weight excluding hydrogens is 1560 g/mol. The second-order valence-electron chi connectivity index (χ2n) is 30.9. The monoisotopic (exact) mass is 1680 g/mol. The van der Waals surface area contributed by atoms with Gasteiger partial charge in [-0.3, -0.25) is 0 Å². The Balaban J connectivity index is 0.000000901. The first-order valence-corrected chi connectivity index (χ1v) is 39.1. The molecule has 6 N–H and O–H groups in total. The van der Waals surface area contributed by atoms with Crippen LogP contribution in [-0.4, -0.2) is 178 Å². The fraction of sp³-hybridized carbons (Fsp3) is 0.523. The van der Waals surface area contributed by atoms with Gasteiger partial charge in [-0.05, 0) is 197 Å². The highest BCUT2D eigenvalue weighted by atomic mass is 16.6. The van der Waals surface area contributed by atoms with E-state index in [-0.39, 0.29) is 111 Å². The normalized spacial score (nSPS) is 11.2. The molecule has 3 rings (SSSR count). The van der Waals surface area contributed by atoms with Crippen LogP contribution in [0.4, 0.5) is 28.8 Å². The molecule has 0 atom stereocenters. The predicted molar refractivity (Wildman–Crippen MR) is 448 cm³/mol. The molecule has 3 aromatic rings. The van der Waals surface area contributed by atoms with Crippen LogP contribution in [0.5, 0.6) is 0 Å². The number of benzene rings is 3. The van der Waals surface area contributed by atoms with E-state index in [9.17, 15) is 57.5 Å². The van der Waals surface area contributed by atoms with E-state index in [1.54, 1.807) is 34.6 Å². The Kier molecular flexibility index (Phi) is 47.7. The van der Waals surface area contributed by atoms with Gasteiger partial charge in [-0.1, -0.05) is 112 Å². The molecule has 0 unspecified atom stereocenters. The van der Waals surface area contributed by atoms with Crippen molar-refractivity contribution in [2.45, 2.75) is 196 Å². The van der Waals surface area contributed by atoms with Gasteiger partial charge in [-0.15, -0.1) is 0 Å². The lowest BCUT2D eigenvalue weighted by Crippen LogP contribution is -2.43. The van der Waals surface area contributed by atoms with Gasteiger partial charge in [0.15, 0.2) is 0 Å². The Morgan fingerprint density at radius 3 is 0.533 bits per heavy atom. The molecular formula is C88H128N6O26. The second-order valence-corrected chi connectivity index (χ2v) is 30.9. The number of hydrogen-bond donors (Lipinski definition) is 6. The third-order valence-corrected chi connectivity index (χ3v) is 16.9. The molecule has 0 spiro atoms. The van der Waals surface area contributed by atoms with Gasteiger partial charge in [0.2, 0.25) is 0 Å². The zero-order chi connectivity index (χ0) is 91.0.